The van der Waals surface area contributed by atoms with Gasteiger partial charge in [0.05, 0.1) is 18.4 Å². The number of aromatic hydroxyl groups is 1. The fourth-order valence-electron chi connectivity index (χ4n) is 4.95. The Bertz CT molecular complexity index is 966. The Morgan fingerprint density at radius 3 is 2.70 bits per heavy atom. The Balaban J connectivity index is 1.58. The van der Waals surface area contributed by atoms with E-state index in [1.807, 2.05) is 31.2 Å². The average molecular weight is 408 g/mol. The summed E-state index contributed by atoms with van der Waals surface area (Å²) in [6.45, 7) is 7.85. The van der Waals surface area contributed by atoms with Gasteiger partial charge < -0.3 is 19.5 Å². The Hall–Kier alpha value is -2.73. The first kappa shape index (κ1) is 19.2. The molecule has 158 valence electrons. The minimum atomic E-state index is -0.463. The number of piperidine rings is 1. The first-order valence-electron chi connectivity index (χ1n) is 11.0. The predicted octanol–water partition coefficient (Wildman–Crippen LogP) is 4.15. The van der Waals surface area contributed by atoms with Crippen LogP contribution in [0.15, 0.2) is 47.6 Å². The molecular formula is C24H29N3O3. The quantitative estimate of drug-likeness (QED) is 0.825. The zero-order valence-corrected chi connectivity index (χ0v) is 17.7. The van der Waals surface area contributed by atoms with Crippen LogP contribution in [0.5, 0.6) is 17.2 Å². The second-order valence-electron chi connectivity index (χ2n) is 8.25. The van der Waals surface area contributed by atoms with Crippen LogP contribution in [-0.4, -0.2) is 52.7 Å². The molecule has 0 bridgehead atoms. The molecule has 1 N–H and O–H groups in total. The molecule has 0 aliphatic carbocycles. The van der Waals surface area contributed by atoms with Crippen molar-refractivity contribution in [3.05, 3.63) is 53.6 Å². The minimum Gasteiger partial charge on any atom is -0.508 e. The average Bonchev–Trinajstić information content (AvgIpc) is 3.22. The summed E-state index contributed by atoms with van der Waals surface area (Å²) >= 11 is 0. The third-order valence-corrected chi connectivity index (χ3v) is 6.55. The molecule has 0 aromatic heterocycles. The van der Waals surface area contributed by atoms with Crippen LogP contribution in [0, 0.1) is 0 Å². The van der Waals surface area contributed by atoms with Crippen LogP contribution in [0.3, 0.4) is 0 Å². The second kappa shape index (κ2) is 7.51. The van der Waals surface area contributed by atoms with Crippen LogP contribution in [0.25, 0.3) is 0 Å². The molecule has 1 atom stereocenters. The van der Waals surface area contributed by atoms with E-state index < -0.39 is 5.72 Å². The van der Waals surface area contributed by atoms with Crippen LogP contribution in [-0.2, 0) is 0 Å². The summed E-state index contributed by atoms with van der Waals surface area (Å²) in [7, 11) is 0. The molecule has 6 nitrogen and oxygen atoms in total. The van der Waals surface area contributed by atoms with Gasteiger partial charge >= 0.3 is 0 Å². The number of phenols is 1. The topological polar surface area (TPSA) is 57.5 Å². The van der Waals surface area contributed by atoms with E-state index in [2.05, 4.69) is 22.9 Å². The number of hydrogen-bond donors (Lipinski definition) is 1. The molecule has 1 unspecified atom stereocenters. The molecule has 6 heteroatoms. The van der Waals surface area contributed by atoms with Crippen molar-refractivity contribution in [3.63, 3.8) is 0 Å². The summed E-state index contributed by atoms with van der Waals surface area (Å²) < 4.78 is 12.7. The molecule has 3 heterocycles. The summed E-state index contributed by atoms with van der Waals surface area (Å²) in [5.74, 6) is 1.96. The largest absolute Gasteiger partial charge is 0.508 e. The Labute approximate surface area is 177 Å². The molecule has 3 aliphatic rings. The van der Waals surface area contributed by atoms with Crippen molar-refractivity contribution >= 4 is 5.71 Å². The monoisotopic (exact) mass is 407 g/mol. The maximum atomic E-state index is 9.97. The summed E-state index contributed by atoms with van der Waals surface area (Å²) in [6, 6.07) is 13.7. The van der Waals surface area contributed by atoms with Gasteiger partial charge in [-0.1, -0.05) is 31.2 Å². The Morgan fingerprint density at radius 2 is 1.97 bits per heavy atom. The van der Waals surface area contributed by atoms with Crippen molar-refractivity contribution in [2.45, 2.75) is 44.9 Å². The van der Waals surface area contributed by atoms with Crippen LogP contribution < -0.4 is 9.47 Å². The SMILES string of the molecule is CCOc1cccc2c1OC1(CCN(CC)CC1)N1N=C(c3cccc(O)c3)CC21. The lowest BCUT2D eigenvalue weighted by Crippen LogP contribution is -2.59. The molecule has 2 aromatic rings. The van der Waals surface area contributed by atoms with Crippen molar-refractivity contribution in [2.75, 3.05) is 26.2 Å². The minimum absolute atomic E-state index is 0.111. The highest BCUT2D eigenvalue weighted by molar-refractivity contribution is 6.02. The van der Waals surface area contributed by atoms with E-state index in [4.69, 9.17) is 14.6 Å². The summed E-state index contributed by atoms with van der Waals surface area (Å²) in [4.78, 5) is 2.46. The molecule has 0 amide bonds. The number of para-hydroxylation sites is 1. The zero-order valence-electron chi connectivity index (χ0n) is 17.7. The third-order valence-electron chi connectivity index (χ3n) is 6.55. The second-order valence-corrected chi connectivity index (χ2v) is 8.25. The highest BCUT2D eigenvalue weighted by Gasteiger charge is 2.52. The lowest BCUT2D eigenvalue weighted by Gasteiger charge is -2.51. The van der Waals surface area contributed by atoms with E-state index in [9.17, 15) is 5.11 Å². The number of rotatable bonds is 4. The number of phenolic OH excluding ortho intramolecular Hbond substituents is 1. The van der Waals surface area contributed by atoms with Crippen LogP contribution in [0.4, 0.5) is 0 Å². The molecule has 1 fully saturated rings. The summed E-state index contributed by atoms with van der Waals surface area (Å²) in [6.07, 6.45) is 2.58. The van der Waals surface area contributed by atoms with Gasteiger partial charge in [-0.25, -0.2) is 5.01 Å². The molecular weight excluding hydrogens is 378 g/mol. The summed E-state index contributed by atoms with van der Waals surface area (Å²) in [5, 5.41) is 17.3. The molecule has 1 spiro atoms. The van der Waals surface area contributed by atoms with E-state index in [0.29, 0.717) is 6.61 Å². The van der Waals surface area contributed by atoms with E-state index in [-0.39, 0.29) is 11.8 Å². The lowest BCUT2D eigenvalue weighted by molar-refractivity contribution is -0.150. The summed E-state index contributed by atoms with van der Waals surface area (Å²) in [5.41, 5.74) is 2.62. The number of ether oxygens (including phenoxy) is 2. The van der Waals surface area contributed by atoms with Gasteiger partial charge in [0.25, 0.3) is 0 Å². The number of hydrazone groups is 1. The van der Waals surface area contributed by atoms with Crippen molar-refractivity contribution in [1.82, 2.24) is 9.91 Å². The Morgan fingerprint density at radius 1 is 1.17 bits per heavy atom. The van der Waals surface area contributed by atoms with Crippen molar-refractivity contribution in [2.24, 2.45) is 5.10 Å². The molecule has 30 heavy (non-hydrogen) atoms. The maximum Gasteiger partial charge on any atom is 0.200 e. The molecule has 0 saturated carbocycles. The normalized spacial score (nSPS) is 22.3. The van der Waals surface area contributed by atoms with Gasteiger partial charge in [-0.05, 0) is 31.7 Å². The van der Waals surface area contributed by atoms with Gasteiger partial charge in [0, 0.05) is 43.5 Å². The Kier molecular flexibility index (Phi) is 4.82. The van der Waals surface area contributed by atoms with Crippen LogP contribution in [0.2, 0.25) is 0 Å². The van der Waals surface area contributed by atoms with Crippen LogP contribution >= 0.6 is 0 Å². The number of hydrogen-bond acceptors (Lipinski definition) is 6. The van der Waals surface area contributed by atoms with Crippen LogP contribution in [0.1, 0.15) is 50.3 Å². The van der Waals surface area contributed by atoms with Crippen molar-refractivity contribution in [1.29, 1.82) is 0 Å². The molecule has 5 rings (SSSR count). The van der Waals surface area contributed by atoms with E-state index in [1.54, 1.807) is 12.1 Å². The van der Waals surface area contributed by atoms with E-state index in [0.717, 1.165) is 67.2 Å². The van der Waals surface area contributed by atoms with Crippen molar-refractivity contribution < 1.29 is 14.6 Å². The van der Waals surface area contributed by atoms with Gasteiger partial charge in [0.15, 0.2) is 11.5 Å². The van der Waals surface area contributed by atoms with E-state index in [1.165, 1.54) is 0 Å². The third kappa shape index (κ3) is 3.10. The number of nitrogens with zero attached hydrogens (tertiary/aromatic N) is 3. The molecule has 0 radical (unpaired) electrons. The fraction of sp³-hybridized carbons (Fsp3) is 0.458. The van der Waals surface area contributed by atoms with E-state index >= 15 is 0 Å². The highest BCUT2D eigenvalue weighted by atomic mass is 16.6. The lowest BCUT2D eigenvalue weighted by atomic mass is 9.90. The molecule has 1 saturated heterocycles. The van der Waals surface area contributed by atoms with Gasteiger partial charge in [-0.3, -0.25) is 0 Å². The maximum absolute atomic E-state index is 9.97. The zero-order chi connectivity index (χ0) is 20.7. The van der Waals surface area contributed by atoms with Gasteiger partial charge in [0.2, 0.25) is 5.72 Å². The van der Waals surface area contributed by atoms with Gasteiger partial charge in [-0.2, -0.15) is 5.10 Å². The van der Waals surface area contributed by atoms with Gasteiger partial charge in [-0.15, -0.1) is 0 Å². The highest BCUT2D eigenvalue weighted by Crippen LogP contribution is 2.52. The molecule has 2 aromatic carbocycles. The first-order valence-corrected chi connectivity index (χ1v) is 11.0. The number of likely N-dealkylation sites (tertiary alicyclic amines) is 1. The van der Waals surface area contributed by atoms with Crippen molar-refractivity contribution in [3.8, 4) is 17.2 Å². The molecule has 3 aliphatic heterocycles. The van der Waals surface area contributed by atoms with Gasteiger partial charge in [0.1, 0.15) is 5.75 Å². The number of benzene rings is 2. The predicted molar refractivity (Wildman–Crippen MR) is 116 cm³/mol. The first-order chi connectivity index (χ1) is 14.6. The smallest absolute Gasteiger partial charge is 0.200 e. The standard InChI is InChI=1S/C24H29N3O3/c1-3-26-13-11-24(12-14-26)27-21(16-20(25-27)17-7-5-8-18(28)15-17)19-9-6-10-22(29-4-2)23(19)30-24/h5-10,15,21,28H,3-4,11-14,16H2,1-2H3. The fourth-order valence-corrected chi connectivity index (χ4v) is 4.95. The number of fused-ring (bicyclic) bond motifs is 4.